The van der Waals surface area contributed by atoms with Gasteiger partial charge >= 0.3 is 0 Å². The van der Waals surface area contributed by atoms with E-state index in [1.54, 1.807) is 0 Å². The Kier molecular flexibility index (Phi) is 4.86. The number of morpholine rings is 1. The van der Waals surface area contributed by atoms with Crippen LogP contribution in [0, 0.1) is 6.92 Å². The van der Waals surface area contributed by atoms with E-state index in [0.29, 0.717) is 11.4 Å². The third-order valence-electron chi connectivity index (χ3n) is 5.46. The van der Waals surface area contributed by atoms with Crippen molar-refractivity contribution in [3.63, 3.8) is 0 Å². The van der Waals surface area contributed by atoms with Crippen molar-refractivity contribution in [2.75, 3.05) is 31.2 Å². The van der Waals surface area contributed by atoms with E-state index in [9.17, 15) is 0 Å². The van der Waals surface area contributed by atoms with Crippen molar-refractivity contribution in [1.82, 2.24) is 14.5 Å². The van der Waals surface area contributed by atoms with E-state index < -0.39 is 0 Å². The maximum Gasteiger partial charge on any atom is 0.128 e. The number of rotatable bonds is 2. The molecule has 0 aliphatic carbocycles. The highest BCUT2D eigenvalue weighted by atomic mass is 35.5. The summed E-state index contributed by atoms with van der Waals surface area (Å²) in [4.78, 5) is 12.1. The lowest BCUT2D eigenvalue weighted by molar-refractivity contribution is 0.122. The predicted molar refractivity (Wildman–Crippen MR) is 119 cm³/mol. The number of pyridine rings is 1. The average molecular weight is 426 g/mol. The van der Waals surface area contributed by atoms with Crippen LogP contribution in [-0.4, -0.2) is 46.5 Å². The van der Waals surface area contributed by atoms with Gasteiger partial charge < -0.3 is 9.64 Å². The highest BCUT2D eigenvalue weighted by Crippen LogP contribution is 2.35. The number of halogens is 1. The molecule has 3 aromatic rings. The number of aliphatic imine (C=N–C) groups is 1. The van der Waals surface area contributed by atoms with Gasteiger partial charge in [-0.2, -0.15) is 5.10 Å². The zero-order valence-corrected chi connectivity index (χ0v) is 18.0. The summed E-state index contributed by atoms with van der Waals surface area (Å²) in [6.07, 6.45) is 2.63. The Labute approximate surface area is 176 Å². The Balaban J connectivity index is 1.69. The molecule has 0 N–H and O–H groups in total. The van der Waals surface area contributed by atoms with E-state index in [1.165, 1.54) is 0 Å². The molecule has 0 spiro atoms. The van der Waals surface area contributed by atoms with Gasteiger partial charge in [-0.3, -0.25) is 4.45 Å². The first-order chi connectivity index (χ1) is 14.1. The third-order valence-corrected chi connectivity index (χ3v) is 6.30. The molecule has 29 heavy (non-hydrogen) atoms. The molecule has 4 heterocycles. The molecular weight excluding hydrogens is 405 g/mol. The fourth-order valence-electron chi connectivity index (χ4n) is 3.85. The Morgan fingerprint density at radius 2 is 1.93 bits per heavy atom. The highest BCUT2D eigenvalue weighted by molar-refractivity contribution is 7.14. The van der Waals surface area contributed by atoms with Crippen LogP contribution in [0.25, 0.3) is 0 Å². The van der Waals surface area contributed by atoms with Crippen molar-refractivity contribution in [1.29, 1.82) is 0 Å². The first kappa shape index (κ1) is 18.7. The molecule has 2 aliphatic heterocycles. The molecule has 0 radical (unpaired) electrons. The third kappa shape index (κ3) is 3.35. The van der Waals surface area contributed by atoms with Crippen LogP contribution < -0.4 is 4.90 Å². The van der Waals surface area contributed by atoms with Gasteiger partial charge in [0.05, 0.1) is 30.3 Å². The molecule has 1 saturated heterocycles. The van der Waals surface area contributed by atoms with E-state index in [2.05, 4.69) is 25.5 Å². The van der Waals surface area contributed by atoms with Gasteiger partial charge in [0.15, 0.2) is 0 Å². The van der Waals surface area contributed by atoms with Crippen molar-refractivity contribution in [2.24, 2.45) is 4.99 Å². The first-order valence-corrected chi connectivity index (χ1v) is 10.5. The van der Waals surface area contributed by atoms with Gasteiger partial charge in [-0.15, -0.1) is 0 Å². The lowest BCUT2D eigenvalue weighted by atomic mass is 9.97. The van der Waals surface area contributed by atoms with Gasteiger partial charge in [-0.1, -0.05) is 29.8 Å². The minimum atomic E-state index is 0.675. The second kappa shape index (κ2) is 7.52. The lowest BCUT2D eigenvalue weighted by Crippen LogP contribution is -2.36. The zero-order chi connectivity index (χ0) is 20.0. The number of nitrogens with zero attached hydrogens (tertiary/aromatic N) is 5. The summed E-state index contributed by atoms with van der Waals surface area (Å²) in [5.41, 5.74) is 6.76. The fourth-order valence-corrected chi connectivity index (χ4v) is 4.34. The molecule has 1 aromatic carbocycles. The van der Waals surface area contributed by atoms with E-state index in [0.717, 1.165) is 71.6 Å². The molecule has 0 amide bonds. The molecule has 2 aliphatic rings. The first-order valence-electron chi connectivity index (χ1n) is 9.61. The molecule has 8 heteroatoms. The molecular formula is C21H21ClN5OP. The number of hydrogen-bond acceptors (Lipinski definition) is 5. The molecule has 1 atom stereocenters. The topological polar surface area (TPSA) is 55.5 Å². The molecule has 0 saturated carbocycles. The van der Waals surface area contributed by atoms with E-state index in [4.69, 9.17) is 26.3 Å². The van der Waals surface area contributed by atoms with Gasteiger partial charge in [0.2, 0.25) is 0 Å². The van der Waals surface area contributed by atoms with Crippen LogP contribution in [0.4, 0.5) is 11.5 Å². The van der Waals surface area contributed by atoms with Gasteiger partial charge in [0.1, 0.15) is 11.5 Å². The summed E-state index contributed by atoms with van der Waals surface area (Å²) >= 11 is 6.55. The number of hydrogen-bond donors (Lipinski definition) is 0. The summed E-state index contributed by atoms with van der Waals surface area (Å²) < 4.78 is 7.30. The van der Waals surface area contributed by atoms with Crippen LogP contribution in [0.1, 0.15) is 28.1 Å². The largest absolute Gasteiger partial charge is 0.378 e. The number of ether oxygens (including phenoxy) is 1. The Morgan fingerprint density at radius 3 is 2.72 bits per heavy atom. The number of anilines is 1. The quantitative estimate of drug-likeness (QED) is 0.458. The molecule has 2 aromatic heterocycles. The smallest absolute Gasteiger partial charge is 0.128 e. The van der Waals surface area contributed by atoms with Gasteiger partial charge in [-0.05, 0) is 34.0 Å². The Morgan fingerprint density at radius 1 is 1.14 bits per heavy atom. The minimum absolute atomic E-state index is 0.675. The van der Waals surface area contributed by atoms with Crippen LogP contribution in [0.5, 0.6) is 0 Å². The zero-order valence-electron chi connectivity index (χ0n) is 16.1. The summed E-state index contributed by atoms with van der Waals surface area (Å²) in [6, 6.07) is 9.98. The summed E-state index contributed by atoms with van der Waals surface area (Å²) in [5.74, 6) is 0.969. The molecule has 148 valence electrons. The van der Waals surface area contributed by atoms with Crippen molar-refractivity contribution in [3.8, 4) is 0 Å². The van der Waals surface area contributed by atoms with Crippen LogP contribution in [0.15, 0.2) is 41.5 Å². The minimum Gasteiger partial charge on any atom is -0.378 e. The van der Waals surface area contributed by atoms with Crippen molar-refractivity contribution in [3.05, 3.63) is 69.6 Å². The van der Waals surface area contributed by atoms with Crippen molar-refractivity contribution in [2.45, 2.75) is 13.3 Å². The monoisotopic (exact) mass is 425 g/mol. The van der Waals surface area contributed by atoms with Crippen LogP contribution in [0.3, 0.4) is 0 Å². The second-order valence-electron chi connectivity index (χ2n) is 7.24. The van der Waals surface area contributed by atoms with E-state index in [1.807, 2.05) is 41.8 Å². The Bertz CT molecular complexity index is 1120. The standard InChI is InChI=1S/C21H21ClN5OP/c1-13-20-18(25-27(13)29)10-14-11-19(26-6-8-28-9-7-26)23-12-16(14)21(24-20)15-4-2-3-5-17(15)22/h2-5,11-12H,6-10,29H2,1H3. The average Bonchev–Trinajstić information content (AvgIpc) is 2.91. The molecule has 1 unspecified atom stereocenters. The van der Waals surface area contributed by atoms with Crippen LogP contribution in [-0.2, 0) is 11.2 Å². The van der Waals surface area contributed by atoms with E-state index >= 15 is 0 Å². The van der Waals surface area contributed by atoms with Gasteiger partial charge in [-0.25, -0.2) is 9.98 Å². The normalized spacial score (nSPS) is 16.1. The predicted octanol–water partition coefficient (Wildman–Crippen LogP) is 3.79. The lowest BCUT2D eigenvalue weighted by Gasteiger charge is -2.28. The number of benzene rings is 1. The second-order valence-corrected chi connectivity index (χ2v) is 8.14. The molecule has 6 nitrogen and oxygen atoms in total. The summed E-state index contributed by atoms with van der Waals surface area (Å²) in [5, 5.41) is 5.36. The van der Waals surface area contributed by atoms with Crippen LogP contribution in [0.2, 0.25) is 5.02 Å². The van der Waals surface area contributed by atoms with Crippen molar-refractivity contribution >= 4 is 38.2 Å². The SMILES string of the molecule is Cc1c2c(nn1P)Cc1cc(N3CCOCC3)ncc1C(c1ccccc1Cl)=N2. The fraction of sp³-hybridized carbons (Fsp3) is 0.286. The van der Waals surface area contributed by atoms with E-state index in [-0.39, 0.29) is 0 Å². The molecule has 0 bridgehead atoms. The number of aromatic nitrogens is 3. The maximum absolute atomic E-state index is 6.55. The van der Waals surface area contributed by atoms with Crippen LogP contribution >= 0.6 is 21.0 Å². The van der Waals surface area contributed by atoms with Crippen molar-refractivity contribution < 1.29 is 4.74 Å². The highest BCUT2D eigenvalue weighted by Gasteiger charge is 2.25. The van der Waals surface area contributed by atoms with Gasteiger partial charge in [0, 0.05) is 41.9 Å². The summed E-state index contributed by atoms with van der Waals surface area (Å²) in [6.45, 7) is 5.18. The Hall–Kier alpha value is -2.27. The molecule has 5 rings (SSSR count). The number of fused-ring (bicyclic) bond motifs is 2. The summed E-state index contributed by atoms with van der Waals surface area (Å²) in [7, 11) is 2.64. The molecule has 1 fully saturated rings. The van der Waals surface area contributed by atoms with Gasteiger partial charge in [0.25, 0.3) is 0 Å². The maximum atomic E-state index is 6.55.